The van der Waals surface area contributed by atoms with E-state index in [4.69, 9.17) is 15.2 Å². The van der Waals surface area contributed by atoms with Crippen molar-refractivity contribution in [2.45, 2.75) is 26.3 Å². The fraction of sp³-hybridized carbons (Fsp3) is 0.294. The standard InChI is InChI=1S/C17H21NO2/c1-3-15(18)13-9-11-14(12-10-13)20-17-8-6-5-7-16(17)19-4-2/h5-12,15H,3-4,18H2,1-2H3/t15-/m0/s1. The highest BCUT2D eigenvalue weighted by Crippen LogP contribution is 2.31. The number of hydrogen-bond donors (Lipinski definition) is 1. The van der Waals surface area contributed by atoms with E-state index in [1.54, 1.807) is 0 Å². The Labute approximate surface area is 120 Å². The van der Waals surface area contributed by atoms with Crippen LogP contribution in [0.4, 0.5) is 0 Å². The zero-order valence-electron chi connectivity index (χ0n) is 12.0. The number of nitrogens with two attached hydrogens (primary N) is 1. The van der Waals surface area contributed by atoms with E-state index in [-0.39, 0.29) is 6.04 Å². The molecular weight excluding hydrogens is 250 g/mol. The van der Waals surface area contributed by atoms with Gasteiger partial charge in [-0.3, -0.25) is 0 Å². The molecule has 0 aromatic heterocycles. The van der Waals surface area contributed by atoms with Crippen molar-refractivity contribution in [1.82, 2.24) is 0 Å². The maximum absolute atomic E-state index is 6.00. The first kappa shape index (κ1) is 14.4. The van der Waals surface area contributed by atoms with Crippen LogP contribution in [-0.4, -0.2) is 6.61 Å². The van der Waals surface area contributed by atoms with Crippen molar-refractivity contribution in [3.8, 4) is 17.2 Å². The summed E-state index contributed by atoms with van der Waals surface area (Å²) in [5.74, 6) is 2.26. The molecule has 106 valence electrons. The Morgan fingerprint density at radius 3 is 2.20 bits per heavy atom. The van der Waals surface area contributed by atoms with Crippen LogP contribution in [0.2, 0.25) is 0 Å². The van der Waals surface area contributed by atoms with Gasteiger partial charge in [0.25, 0.3) is 0 Å². The maximum atomic E-state index is 6.00. The van der Waals surface area contributed by atoms with Gasteiger partial charge in [0.2, 0.25) is 0 Å². The molecule has 0 aliphatic carbocycles. The lowest BCUT2D eigenvalue weighted by Crippen LogP contribution is -2.08. The first-order chi connectivity index (χ1) is 9.74. The first-order valence-corrected chi connectivity index (χ1v) is 6.99. The lowest BCUT2D eigenvalue weighted by atomic mass is 10.1. The van der Waals surface area contributed by atoms with Gasteiger partial charge in [-0.1, -0.05) is 31.2 Å². The molecule has 0 aliphatic rings. The number of rotatable bonds is 6. The molecule has 0 heterocycles. The Morgan fingerprint density at radius 1 is 0.950 bits per heavy atom. The van der Waals surface area contributed by atoms with Crippen LogP contribution in [0.1, 0.15) is 31.9 Å². The second-order valence-electron chi connectivity index (χ2n) is 4.57. The second kappa shape index (κ2) is 6.96. The largest absolute Gasteiger partial charge is 0.490 e. The topological polar surface area (TPSA) is 44.5 Å². The summed E-state index contributed by atoms with van der Waals surface area (Å²) < 4.78 is 11.4. The third-order valence-electron chi connectivity index (χ3n) is 3.12. The quantitative estimate of drug-likeness (QED) is 0.852. The van der Waals surface area contributed by atoms with E-state index in [9.17, 15) is 0 Å². The van der Waals surface area contributed by atoms with Crippen LogP contribution in [0.25, 0.3) is 0 Å². The third kappa shape index (κ3) is 3.52. The van der Waals surface area contributed by atoms with Crippen molar-refractivity contribution >= 4 is 0 Å². The highest BCUT2D eigenvalue weighted by molar-refractivity contribution is 5.43. The summed E-state index contributed by atoms with van der Waals surface area (Å²) in [6.45, 7) is 4.65. The van der Waals surface area contributed by atoms with E-state index in [0.717, 1.165) is 29.2 Å². The van der Waals surface area contributed by atoms with Gasteiger partial charge in [0.05, 0.1) is 6.61 Å². The molecule has 0 unspecified atom stereocenters. The lowest BCUT2D eigenvalue weighted by molar-refractivity contribution is 0.321. The molecule has 2 rings (SSSR count). The van der Waals surface area contributed by atoms with Crippen LogP contribution in [0.5, 0.6) is 17.2 Å². The number of benzene rings is 2. The third-order valence-corrected chi connectivity index (χ3v) is 3.12. The Bertz CT molecular complexity index is 537. The number of para-hydroxylation sites is 2. The summed E-state index contributed by atoms with van der Waals surface area (Å²) in [6.07, 6.45) is 0.924. The smallest absolute Gasteiger partial charge is 0.169 e. The van der Waals surface area contributed by atoms with Crippen LogP contribution >= 0.6 is 0 Å². The van der Waals surface area contributed by atoms with E-state index in [0.29, 0.717) is 6.61 Å². The molecule has 0 bridgehead atoms. The molecule has 2 aromatic carbocycles. The number of ether oxygens (including phenoxy) is 2. The highest BCUT2D eigenvalue weighted by Gasteiger charge is 2.06. The van der Waals surface area contributed by atoms with Crippen LogP contribution < -0.4 is 15.2 Å². The van der Waals surface area contributed by atoms with Crippen molar-refractivity contribution in [2.24, 2.45) is 5.73 Å². The van der Waals surface area contributed by atoms with Gasteiger partial charge in [-0.2, -0.15) is 0 Å². The molecule has 0 fully saturated rings. The monoisotopic (exact) mass is 271 g/mol. The first-order valence-electron chi connectivity index (χ1n) is 6.99. The Morgan fingerprint density at radius 2 is 1.60 bits per heavy atom. The maximum Gasteiger partial charge on any atom is 0.169 e. The minimum absolute atomic E-state index is 0.0831. The van der Waals surface area contributed by atoms with Gasteiger partial charge in [-0.15, -0.1) is 0 Å². The van der Waals surface area contributed by atoms with Crippen molar-refractivity contribution in [3.05, 3.63) is 54.1 Å². The molecule has 1 atom stereocenters. The molecule has 0 saturated heterocycles. The molecule has 0 spiro atoms. The zero-order valence-corrected chi connectivity index (χ0v) is 12.0. The van der Waals surface area contributed by atoms with Gasteiger partial charge < -0.3 is 15.2 Å². The molecular formula is C17H21NO2. The summed E-state index contributed by atoms with van der Waals surface area (Å²) in [4.78, 5) is 0. The second-order valence-corrected chi connectivity index (χ2v) is 4.57. The predicted molar refractivity (Wildman–Crippen MR) is 81.3 cm³/mol. The van der Waals surface area contributed by atoms with Crippen LogP contribution in [0.15, 0.2) is 48.5 Å². The molecule has 0 radical (unpaired) electrons. The van der Waals surface area contributed by atoms with E-state index < -0.39 is 0 Å². The fourth-order valence-electron chi connectivity index (χ4n) is 1.95. The van der Waals surface area contributed by atoms with Crippen LogP contribution in [0.3, 0.4) is 0 Å². The van der Waals surface area contributed by atoms with E-state index >= 15 is 0 Å². The summed E-state index contributed by atoms with van der Waals surface area (Å²) >= 11 is 0. The molecule has 20 heavy (non-hydrogen) atoms. The Hall–Kier alpha value is -2.00. The van der Waals surface area contributed by atoms with Crippen molar-refractivity contribution in [3.63, 3.8) is 0 Å². The van der Waals surface area contributed by atoms with Gasteiger partial charge >= 0.3 is 0 Å². The average Bonchev–Trinajstić information content (AvgIpc) is 2.49. The van der Waals surface area contributed by atoms with Gasteiger partial charge in [-0.05, 0) is 43.2 Å². The average molecular weight is 271 g/mol. The summed E-state index contributed by atoms with van der Waals surface area (Å²) in [7, 11) is 0. The van der Waals surface area contributed by atoms with Crippen molar-refractivity contribution in [1.29, 1.82) is 0 Å². The fourth-order valence-corrected chi connectivity index (χ4v) is 1.95. The summed E-state index contributed by atoms with van der Waals surface area (Å²) in [6, 6.07) is 15.6. The zero-order chi connectivity index (χ0) is 14.4. The summed E-state index contributed by atoms with van der Waals surface area (Å²) in [5, 5.41) is 0. The molecule has 0 aliphatic heterocycles. The van der Waals surface area contributed by atoms with Crippen molar-refractivity contribution < 1.29 is 9.47 Å². The molecule has 2 N–H and O–H groups in total. The van der Waals surface area contributed by atoms with Gasteiger partial charge in [0.15, 0.2) is 11.5 Å². The SMILES string of the molecule is CCOc1ccccc1Oc1ccc([C@@H](N)CC)cc1. The Kier molecular flexibility index (Phi) is 5.02. The molecule has 0 saturated carbocycles. The normalized spacial score (nSPS) is 11.9. The molecule has 3 nitrogen and oxygen atoms in total. The number of hydrogen-bond acceptors (Lipinski definition) is 3. The molecule has 2 aromatic rings. The molecule has 0 amide bonds. The minimum Gasteiger partial charge on any atom is -0.490 e. The van der Waals surface area contributed by atoms with Crippen LogP contribution in [-0.2, 0) is 0 Å². The van der Waals surface area contributed by atoms with Crippen LogP contribution in [0, 0.1) is 0 Å². The van der Waals surface area contributed by atoms with E-state index in [1.165, 1.54) is 0 Å². The van der Waals surface area contributed by atoms with E-state index in [1.807, 2.05) is 55.5 Å². The Balaban J connectivity index is 2.14. The molecule has 3 heteroatoms. The van der Waals surface area contributed by atoms with Gasteiger partial charge in [0.1, 0.15) is 5.75 Å². The van der Waals surface area contributed by atoms with E-state index in [2.05, 4.69) is 6.92 Å². The summed E-state index contributed by atoms with van der Waals surface area (Å²) in [5.41, 5.74) is 7.12. The van der Waals surface area contributed by atoms with Gasteiger partial charge in [-0.25, -0.2) is 0 Å². The van der Waals surface area contributed by atoms with Crippen molar-refractivity contribution in [2.75, 3.05) is 6.61 Å². The predicted octanol–water partition coefficient (Wildman–Crippen LogP) is 4.29. The van der Waals surface area contributed by atoms with Gasteiger partial charge in [0, 0.05) is 6.04 Å². The lowest BCUT2D eigenvalue weighted by Gasteiger charge is -2.13. The minimum atomic E-state index is 0.0831. The highest BCUT2D eigenvalue weighted by atomic mass is 16.5.